The van der Waals surface area contributed by atoms with Crippen LogP contribution in [0.3, 0.4) is 0 Å². The molecule has 104 valence electrons. The Bertz CT molecular complexity index is 492. The fourth-order valence-electron chi connectivity index (χ4n) is 1.34. The summed E-state index contributed by atoms with van der Waals surface area (Å²) in [4.78, 5) is 28.2. The SMILES string of the molecule is Cc1nc(N)nc(NCCOCC(N)=O)c1[N+](=O)[O-]. The monoisotopic (exact) mass is 270 g/mol. The summed E-state index contributed by atoms with van der Waals surface area (Å²) in [5.74, 6) is -0.644. The fourth-order valence-corrected chi connectivity index (χ4v) is 1.34. The first-order valence-corrected chi connectivity index (χ1v) is 5.30. The van der Waals surface area contributed by atoms with E-state index in [4.69, 9.17) is 16.2 Å². The van der Waals surface area contributed by atoms with E-state index in [0.717, 1.165) is 0 Å². The number of carbonyl (C=O) groups is 1. The summed E-state index contributed by atoms with van der Waals surface area (Å²) in [6, 6.07) is 0. The van der Waals surface area contributed by atoms with E-state index in [1.165, 1.54) is 6.92 Å². The van der Waals surface area contributed by atoms with Crippen LogP contribution >= 0.6 is 0 Å². The molecule has 0 radical (unpaired) electrons. The van der Waals surface area contributed by atoms with Gasteiger partial charge in [-0.05, 0) is 6.92 Å². The maximum absolute atomic E-state index is 10.9. The van der Waals surface area contributed by atoms with Gasteiger partial charge in [-0.1, -0.05) is 0 Å². The number of hydrogen-bond acceptors (Lipinski definition) is 8. The van der Waals surface area contributed by atoms with Gasteiger partial charge in [-0.25, -0.2) is 4.98 Å². The Morgan fingerprint density at radius 3 is 2.79 bits per heavy atom. The highest BCUT2D eigenvalue weighted by Gasteiger charge is 2.20. The van der Waals surface area contributed by atoms with Gasteiger partial charge in [-0.15, -0.1) is 0 Å². The van der Waals surface area contributed by atoms with Gasteiger partial charge < -0.3 is 21.5 Å². The third-order valence-corrected chi connectivity index (χ3v) is 2.04. The predicted octanol–water partition coefficient (Wildman–Crippen LogP) is -0.811. The second-order valence-electron chi connectivity index (χ2n) is 3.57. The van der Waals surface area contributed by atoms with Crippen LogP contribution in [0.1, 0.15) is 5.69 Å². The van der Waals surface area contributed by atoms with E-state index < -0.39 is 10.8 Å². The van der Waals surface area contributed by atoms with Crippen LogP contribution in [-0.2, 0) is 9.53 Å². The molecule has 0 aliphatic heterocycles. The molecule has 0 spiro atoms. The number of nitrogens with zero attached hydrogens (tertiary/aromatic N) is 3. The van der Waals surface area contributed by atoms with E-state index in [-0.39, 0.29) is 42.9 Å². The van der Waals surface area contributed by atoms with Crippen molar-refractivity contribution >= 4 is 23.4 Å². The summed E-state index contributed by atoms with van der Waals surface area (Å²) in [5, 5.41) is 13.6. The minimum Gasteiger partial charge on any atom is -0.370 e. The van der Waals surface area contributed by atoms with Gasteiger partial charge in [-0.3, -0.25) is 14.9 Å². The van der Waals surface area contributed by atoms with Crippen LogP contribution in [0.15, 0.2) is 0 Å². The Balaban J connectivity index is 2.67. The van der Waals surface area contributed by atoms with Crippen LogP contribution in [0.25, 0.3) is 0 Å². The smallest absolute Gasteiger partial charge is 0.332 e. The van der Waals surface area contributed by atoms with Gasteiger partial charge in [0.25, 0.3) is 0 Å². The van der Waals surface area contributed by atoms with Gasteiger partial charge in [-0.2, -0.15) is 4.98 Å². The third-order valence-electron chi connectivity index (χ3n) is 2.04. The van der Waals surface area contributed by atoms with Crippen LogP contribution in [0.5, 0.6) is 0 Å². The Hall–Kier alpha value is -2.49. The van der Waals surface area contributed by atoms with Crippen molar-refractivity contribution in [1.29, 1.82) is 0 Å². The lowest BCUT2D eigenvalue weighted by Crippen LogP contribution is -2.21. The first-order chi connectivity index (χ1) is 8.91. The summed E-state index contributed by atoms with van der Waals surface area (Å²) >= 11 is 0. The van der Waals surface area contributed by atoms with Crippen LogP contribution in [0, 0.1) is 17.0 Å². The van der Waals surface area contributed by atoms with Crippen molar-refractivity contribution in [3.63, 3.8) is 0 Å². The lowest BCUT2D eigenvalue weighted by Gasteiger charge is -2.08. The molecular formula is C9H14N6O4. The van der Waals surface area contributed by atoms with Gasteiger partial charge in [0.05, 0.1) is 11.5 Å². The molecule has 0 aromatic carbocycles. The number of nitrogens with one attached hydrogen (secondary N) is 1. The van der Waals surface area contributed by atoms with Gasteiger partial charge >= 0.3 is 5.69 Å². The molecule has 0 unspecified atom stereocenters. The largest absolute Gasteiger partial charge is 0.370 e. The van der Waals surface area contributed by atoms with Crippen LogP contribution in [-0.4, -0.2) is 40.6 Å². The average molecular weight is 270 g/mol. The number of amides is 1. The lowest BCUT2D eigenvalue weighted by atomic mass is 10.3. The summed E-state index contributed by atoms with van der Waals surface area (Å²) in [6.45, 7) is 1.60. The average Bonchev–Trinajstić information content (AvgIpc) is 2.26. The maximum atomic E-state index is 10.9. The lowest BCUT2D eigenvalue weighted by molar-refractivity contribution is -0.385. The van der Waals surface area contributed by atoms with Gasteiger partial charge in [0.2, 0.25) is 17.7 Å². The molecule has 1 rings (SSSR count). The highest BCUT2D eigenvalue weighted by atomic mass is 16.6. The molecule has 1 aromatic heterocycles. The fraction of sp³-hybridized carbons (Fsp3) is 0.444. The molecule has 19 heavy (non-hydrogen) atoms. The Morgan fingerprint density at radius 1 is 1.53 bits per heavy atom. The van der Waals surface area contributed by atoms with Crippen molar-refractivity contribution in [3.05, 3.63) is 15.8 Å². The Morgan fingerprint density at radius 2 is 2.21 bits per heavy atom. The van der Waals surface area contributed by atoms with Crippen molar-refractivity contribution in [2.75, 3.05) is 30.8 Å². The van der Waals surface area contributed by atoms with E-state index in [1.54, 1.807) is 0 Å². The molecule has 5 N–H and O–H groups in total. The number of nitrogen functional groups attached to an aromatic ring is 1. The molecule has 10 heteroatoms. The molecule has 0 bridgehead atoms. The van der Waals surface area contributed by atoms with Gasteiger partial charge in [0.15, 0.2) is 0 Å². The summed E-state index contributed by atoms with van der Waals surface area (Å²) in [7, 11) is 0. The number of primary amides is 1. The second kappa shape index (κ2) is 6.44. The zero-order valence-electron chi connectivity index (χ0n) is 10.3. The third kappa shape index (κ3) is 4.35. The van der Waals surface area contributed by atoms with E-state index >= 15 is 0 Å². The van der Waals surface area contributed by atoms with E-state index in [2.05, 4.69) is 15.3 Å². The quantitative estimate of drug-likeness (QED) is 0.329. The molecule has 0 saturated carbocycles. The summed E-state index contributed by atoms with van der Waals surface area (Å²) in [6.07, 6.45) is 0. The van der Waals surface area contributed by atoms with Crippen molar-refractivity contribution < 1.29 is 14.5 Å². The molecule has 0 aliphatic carbocycles. The normalized spacial score (nSPS) is 10.2. The summed E-state index contributed by atoms with van der Waals surface area (Å²) in [5.41, 5.74) is 10.2. The number of rotatable bonds is 7. The first-order valence-electron chi connectivity index (χ1n) is 5.30. The number of aryl methyl sites for hydroxylation is 1. The van der Waals surface area contributed by atoms with Crippen LogP contribution in [0.2, 0.25) is 0 Å². The Kier molecular flexibility index (Phi) is 4.94. The zero-order valence-corrected chi connectivity index (χ0v) is 10.3. The second-order valence-corrected chi connectivity index (χ2v) is 3.57. The molecule has 10 nitrogen and oxygen atoms in total. The number of ether oxygens (including phenoxy) is 1. The number of hydrogen-bond donors (Lipinski definition) is 3. The predicted molar refractivity (Wildman–Crippen MR) is 66.3 cm³/mol. The molecule has 1 heterocycles. The molecule has 0 atom stereocenters. The Labute approximate surface area is 108 Å². The highest BCUT2D eigenvalue weighted by Crippen LogP contribution is 2.25. The van der Waals surface area contributed by atoms with Gasteiger partial charge in [0.1, 0.15) is 12.3 Å². The first kappa shape index (κ1) is 14.6. The van der Waals surface area contributed by atoms with Crippen molar-refractivity contribution in [2.24, 2.45) is 5.73 Å². The van der Waals surface area contributed by atoms with E-state index in [9.17, 15) is 14.9 Å². The number of anilines is 2. The number of nitro groups is 1. The van der Waals surface area contributed by atoms with Crippen LogP contribution in [0.4, 0.5) is 17.5 Å². The molecule has 0 aliphatic rings. The maximum Gasteiger partial charge on any atom is 0.332 e. The molecule has 1 aromatic rings. The topological polar surface area (TPSA) is 159 Å². The standard InChI is InChI=1S/C9H14N6O4/c1-5-7(15(17)18)8(14-9(11)13-5)12-2-3-19-4-6(10)16/h2-4H2,1H3,(H2,10,16)(H3,11,12,13,14). The minimum atomic E-state index is -0.596. The highest BCUT2D eigenvalue weighted by molar-refractivity contribution is 5.74. The van der Waals surface area contributed by atoms with E-state index in [1.807, 2.05) is 0 Å². The molecule has 0 saturated heterocycles. The molecular weight excluding hydrogens is 256 g/mol. The minimum absolute atomic E-state index is 0.0117. The van der Waals surface area contributed by atoms with Crippen molar-refractivity contribution in [3.8, 4) is 0 Å². The number of aromatic nitrogens is 2. The number of nitrogens with two attached hydrogens (primary N) is 2. The van der Waals surface area contributed by atoms with Crippen LogP contribution < -0.4 is 16.8 Å². The van der Waals surface area contributed by atoms with Crippen molar-refractivity contribution in [2.45, 2.75) is 6.92 Å². The zero-order chi connectivity index (χ0) is 14.4. The van der Waals surface area contributed by atoms with Crippen molar-refractivity contribution in [1.82, 2.24) is 9.97 Å². The molecule has 1 amide bonds. The summed E-state index contributed by atoms with van der Waals surface area (Å²) < 4.78 is 4.90. The molecule has 0 fully saturated rings. The van der Waals surface area contributed by atoms with E-state index in [0.29, 0.717) is 0 Å². The van der Waals surface area contributed by atoms with Gasteiger partial charge in [0, 0.05) is 6.54 Å². The number of carbonyl (C=O) groups excluding carboxylic acids is 1.